The first kappa shape index (κ1) is 11.4. The zero-order chi connectivity index (χ0) is 11.3. The lowest BCUT2D eigenvalue weighted by atomic mass is 10.2. The molecule has 0 saturated carbocycles. The Morgan fingerprint density at radius 1 is 1.33 bits per heavy atom. The normalized spacial score (nSPS) is 9.73. The highest BCUT2D eigenvalue weighted by atomic mass is 16.5. The van der Waals surface area contributed by atoms with Gasteiger partial charge >= 0.3 is 5.97 Å². The first-order valence-electron chi connectivity index (χ1n) is 4.71. The molecule has 4 nitrogen and oxygen atoms in total. The summed E-state index contributed by atoms with van der Waals surface area (Å²) in [7, 11) is 0. The van der Waals surface area contributed by atoms with Crippen LogP contribution >= 0.6 is 0 Å². The topological polar surface area (TPSA) is 55.8 Å². The van der Waals surface area contributed by atoms with Crippen LogP contribution in [0.25, 0.3) is 0 Å². The van der Waals surface area contributed by atoms with Gasteiger partial charge in [-0.1, -0.05) is 6.07 Å². The molecule has 0 aliphatic heterocycles. The lowest BCUT2D eigenvalue weighted by molar-refractivity contribution is -0.139. The van der Waals surface area contributed by atoms with Gasteiger partial charge in [0.25, 0.3) is 0 Å². The van der Waals surface area contributed by atoms with E-state index in [-0.39, 0.29) is 6.61 Å². The third kappa shape index (κ3) is 3.50. The maximum Gasteiger partial charge on any atom is 0.341 e. The van der Waals surface area contributed by atoms with E-state index in [9.17, 15) is 4.79 Å². The SMILES string of the molecule is CCOc1cc(C)ccc1OCC(=O)O. The van der Waals surface area contributed by atoms with Crippen molar-refractivity contribution in [3.63, 3.8) is 0 Å². The molecule has 0 bridgehead atoms. The molecule has 0 atom stereocenters. The van der Waals surface area contributed by atoms with Gasteiger partial charge in [0.15, 0.2) is 18.1 Å². The minimum Gasteiger partial charge on any atom is -0.490 e. The van der Waals surface area contributed by atoms with Crippen molar-refractivity contribution in [3.05, 3.63) is 23.8 Å². The van der Waals surface area contributed by atoms with Crippen molar-refractivity contribution in [2.75, 3.05) is 13.2 Å². The molecule has 0 heterocycles. The maximum atomic E-state index is 10.3. The Kier molecular flexibility index (Phi) is 3.97. The van der Waals surface area contributed by atoms with Crippen LogP contribution in [0.4, 0.5) is 0 Å². The van der Waals surface area contributed by atoms with Crippen molar-refractivity contribution >= 4 is 5.97 Å². The summed E-state index contributed by atoms with van der Waals surface area (Å²) in [6.07, 6.45) is 0. The summed E-state index contributed by atoms with van der Waals surface area (Å²) in [5, 5.41) is 8.48. The van der Waals surface area contributed by atoms with E-state index in [2.05, 4.69) is 0 Å². The number of carboxylic acid groups (broad SMARTS) is 1. The van der Waals surface area contributed by atoms with E-state index in [4.69, 9.17) is 14.6 Å². The van der Waals surface area contributed by atoms with Gasteiger partial charge in [0.05, 0.1) is 6.61 Å². The molecular weight excluding hydrogens is 196 g/mol. The summed E-state index contributed by atoms with van der Waals surface area (Å²) in [6, 6.07) is 5.38. The molecule has 1 aromatic carbocycles. The highest BCUT2D eigenvalue weighted by molar-refractivity contribution is 5.68. The monoisotopic (exact) mass is 210 g/mol. The molecule has 1 aromatic rings. The summed E-state index contributed by atoms with van der Waals surface area (Å²) in [5.74, 6) is 0.0432. The molecular formula is C11H14O4. The predicted octanol–water partition coefficient (Wildman–Crippen LogP) is 1.86. The van der Waals surface area contributed by atoms with Gasteiger partial charge in [-0.05, 0) is 31.5 Å². The number of aryl methyl sites for hydroxylation is 1. The average Bonchev–Trinajstić information content (AvgIpc) is 2.17. The van der Waals surface area contributed by atoms with E-state index in [1.54, 1.807) is 6.07 Å². The Morgan fingerprint density at radius 2 is 2.07 bits per heavy atom. The van der Waals surface area contributed by atoms with Crippen LogP contribution in [0.3, 0.4) is 0 Å². The van der Waals surface area contributed by atoms with E-state index in [1.165, 1.54) is 0 Å². The molecule has 15 heavy (non-hydrogen) atoms. The van der Waals surface area contributed by atoms with Crippen molar-refractivity contribution in [2.45, 2.75) is 13.8 Å². The van der Waals surface area contributed by atoms with Crippen molar-refractivity contribution in [1.29, 1.82) is 0 Å². The fraction of sp³-hybridized carbons (Fsp3) is 0.364. The average molecular weight is 210 g/mol. The standard InChI is InChI=1S/C11H14O4/c1-3-14-10-6-8(2)4-5-9(10)15-7-11(12)13/h4-6H,3,7H2,1-2H3,(H,12,13). The number of ether oxygens (including phenoxy) is 2. The van der Waals surface area contributed by atoms with E-state index < -0.39 is 5.97 Å². The Morgan fingerprint density at radius 3 is 2.67 bits per heavy atom. The van der Waals surface area contributed by atoms with Gasteiger partial charge in [-0.15, -0.1) is 0 Å². The fourth-order valence-corrected chi connectivity index (χ4v) is 1.14. The summed E-state index contributed by atoms with van der Waals surface area (Å²) >= 11 is 0. The second-order valence-electron chi connectivity index (χ2n) is 3.07. The minimum atomic E-state index is -1.00. The summed E-state index contributed by atoms with van der Waals surface area (Å²) in [5.41, 5.74) is 1.04. The van der Waals surface area contributed by atoms with Crippen LogP contribution < -0.4 is 9.47 Å². The number of aliphatic carboxylic acids is 1. The van der Waals surface area contributed by atoms with Crippen molar-refractivity contribution in [1.82, 2.24) is 0 Å². The molecule has 1 N–H and O–H groups in total. The zero-order valence-corrected chi connectivity index (χ0v) is 8.82. The lowest BCUT2D eigenvalue weighted by Gasteiger charge is -2.10. The van der Waals surface area contributed by atoms with E-state index in [0.717, 1.165) is 5.56 Å². The van der Waals surface area contributed by atoms with Gasteiger partial charge in [0.1, 0.15) is 0 Å². The van der Waals surface area contributed by atoms with Gasteiger partial charge in [-0.25, -0.2) is 4.79 Å². The quantitative estimate of drug-likeness (QED) is 0.805. The van der Waals surface area contributed by atoms with Crippen LogP contribution in [0.15, 0.2) is 18.2 Å². The molecule has 82 valence electrons. The van der Waals surface area contributed by atoms with Gasteiger partial charge < -0.3 is 14.6 Å². The number of hydrogen-bond donors (Lipinski definition) is 1. The molecule has 0 aromatic heterocycles. The number of rotatable bonds is 5. The van der Waals surface area contributed by atoms with Crippen LogP contribution in [0.5, 0.6) is 11.5 Å². The van der Waals surface area contributed by atoms with Crippen molar-refractivity contribution < 1.29 is 19.4 Å². The van der Waals surface area contributed by atoms with Crippen molar-refractivity contribution in [2.24, 2.45) is 0 Å². The van der Waals surface area contributed by atoms with E-state index in [0.29, 0.717) is 18.1 Å². The number of benzene rings is 1. The third-order valence-electron chi connectivity index (χ3n) is 1.75. The van der Waals surface area contributed by atoms with E-state index >= 15 is 0 Å². The fourth-order valence-electron chi connectivity index (χ4n) is 1.14. The Hall–Kier alpha value is -1.71. The second kappa shape index (κ2) is 5.24. The molecule has 0 amide bonds. The lowest BCUT2D eigenvalue weighted by Crippen LogP contribution is -2.10. The molecule has 1 rings (SSSR count). The van der Waals surface area contributed by atoms with Gasteiger partial charge in [-0.3, -0.25) is 0 Å². The summed E-state index contributed by atoms with van der Waals surface area (Å²) in [4.78, 5) is 10.3. The van der Waals surface area contributed by atoms with Crippen LogP contribution in [-0.4, -0.2) is 24.3 Å². The smallest absolute Gasteiger partial charge is 0.341 e. The largest absolute Gasteiger partial charge is 0.490 e. The molecule has 0 unspecified atom stereocenters. The predicted molar refractivity (Wildman–Crippen MR) is 55.5 cm³/mol. The first-order chi connectivity index (χ1) is 7.13. The first-order valence-corrected chi connectivity index (χ1v) is 4.71. The molecule has 4 heteroatoms. The molecule has 0 radical (unpaired) electrons. The van der Waals surface area contributed by atoms with Crippen LogP contribution in [0, 0.1) is 6.92 Å². The number of carbonyl (C=O) groups is 1. The highest BCUT2D eigenvalue weighted by Crippen LogP contribution is 2.28. The molecule has 0 fully saturated rings. The third-order valence-corrected chi connectivity index (χ3v) is 1.75. The Balaban J connectivity index is 2.80. The molecule has 0 aliphatic rings. The van der Waals surface area contributed by atoms with E-state index in [1.807, 2.05) is 26.0 Å². The number of carboxylic acids is 1. The van der Waals surface area contributed by atoms with Crippen LogP contribution in [0.1, 0.15) is 12.5 Å². The number of hydrogen-bond acceptors (Lipinski definition) is 3. The molecule has 0 saturated heterocycles. The van der Waals surface area contributed by atoms with Crippen LogP contribution in [-0.2, 0) is 4.79 Å². The van der Waals surface area contributed by atoms with Crippen molar-refractivity contribution in [3.8, 4) is 11.5 Å². The second-order valence-corrected chi connectivity index (χ2v) is 3.07. The minimum absolute atomic E-state index is 0.358. The highest BCUT2D eigenvalue weighted by Gasteiger charge is 2.06. The van der Waals surface area contributed by atoms with Gasteiger partial charge in [0, 0.05) is 0 Å². The Bertz CT molecular complexity index is 346. The molecule has 0 aliphatic carbocycles. The van der Waals surface area contributed by atoms with Crippen LogP contribution in [0.2, 0.25) is 0 Å². The zero-order valence-electron chi connectivity index (χ0n) is 8.82. The van der Waals surface area contributed by atoms with Gasteiger partial charge in [0.2, 0.25) is 0 Å². The Labute approximate surface area is 88.4 Å². The summed E-state index contributed by atoms with van der Waals surface area (Å²) < 4.78 is 10.4. The van der Waals surface area contributed by atoms with Gasteiger partial charge in [-0.2, -0.15) is 0 Å². The maximum absolute atomic E-state index is 10.3. The molecule has 0 spiro atoms. The summed E-state index contributed by atoms with van der Waals surface area (Å²) in [6.45, 7) is 3.96.